The molecule has 1 aliphatic heterocycles. The minimum atomic E-state index is -0.957. The quantitative estimate of drug-likeness (QED) is 0.734. The number of ketones is 1. The van der Waals surface area contributed by atoms with Crippen molar-refractivity contribution in [3.8, 4) is 17.6 Å². The van der Waals surface area contributed by atoms with E-state index in [1.807, 2.05) is 36.4 Å². The Morgan fingerprint density at radius 2 is 1.96 bits per heavy atom. The summed E-state index contributed by atoms with van der Waals surface area (Å²) in [6.45, 7) is 0.0962. The van der Waals surface area contributed by atoms with Gasteiger partial charge in [0.15, 0.2) is 23.5 Å². The second-order valence-corrected chi connectivity index (χ2v) is 6.41. The third kappa shape index (κ3) is 2.49. The molecule has 118 valence electrons. The summed E-state index contributed by atoms with van der Waals surface area (Å²) in [7, 11) is 0. The number of aromatic nitrogens is 1. The van der Waals surface area contributed by atoms with Crippen LogP contribution in [0.2, 0.25) is 0 Å². The molecule has 0 radical (unpaired) electrons. The van der Waals surface area contributed by atoms with Gasteiger partial charge in [0.05, 0.1) is 16.3 Å². The van der Waals surface area contributed by atoms with Crippen LogP contribution in [0.25, 0.3) is 10.2 Å². The standard InChI is InChI=1S/C18H12N2O3S/c19-9-11(18-20-12-5-1-4-8-16(12)24-18)17(21)15-10-22-13-6-2-3-7-14(13)23-15/h1-8,11,15H,10H2. The molecule has 3 aromatic rings. The van der Waals surface area contributed by atoms with Crippen LogP contribution in [-0.4, -0.2) is 23.5 Å². The van der Waals surface area contributed by atoms with Crippen LogP contribution in [0.15, 0.2) is 48.5 Å². The van der Waals surface area contributed by atoms with Gasteiger partial charge < -0.3 is 9.47 Å². The van der Waals surface area contributed by atoms with Crippen LogP contribution in [0.5, 0.6) is 11.5 Å². The first-order chi connectivity index (χ1) is 11.8. The molecule has 0 N–H and O–H groups in total. The molecule has 24 heavy (non-hydrogen) atoms. The molecule has 2 unspecified atom stereocenters. The summed E-state index contributed by atoms with van der Waals surface area (Å²) in [6, 6.07) is 16.8. The Hall–Kier alpha value is -2.91. The SMILES string of the molecule is N#CC(C(=O)C1COc2ccccc2O1)c1nc2ccccc2s1. The summed E-state index contributed by atoms with van der Waals surface area (Å²) < 4.78 is 12.2. The van der Waals surface area contributed by atoms with Crippen LogP contribution in [-0.2, 0) is 4.79 Å². The highest BCUT2D eigenvalue weighted by molar-refractivity contribution is 7.18. The first kappa shape index (κ1) is 14.7. The van der Waals surface area contributed by atoms with Crippen molar-refractivity contribution in [2.45, 2.75) is 12.0 Å². The van der Waals surface area contributed by atoms with Crippen molar-refractivity contribution in [3.05, 3.63) is 53.5 Å². The van der Waals surface area contributed by atoms with E-state index >= 15 is 0 Å². The van der Waals surface area contributed by atoms with Crippen LogP contribution in [0, 0.1) is 11.3 Å². The van der Waals surface area contributed by atoms with Crippen LogP contribution >= 0.6 is 11.3 Å². The van der Waals surface area contributed by atoms with Gasteiger partial charge in [0.25, 0.3) is 0 Å². The third-order valence-corrected chi connectivity index (χ3v) is 4.90. The average Bonchev–Trinajstić information content (AvgIpc) is 3.05. The van der Waals surface area contributed by atoms with Crippen molar-refractivity contribution >= 4 is 27.3 Å². The fourth-order valence-corrected chi connectivity index (χ4v) is 3.62. The molecule has 6 heteroatoms. The molecule has 0 saturated heterocycles. The van der Waals surface area contributed by atoms with Gasteiger partial charge in [0.1, 0.15) is 11.6 Å². The molecule has 0 amide bonds. The van der Waals surface area contributed by atoms with E-state index in [4.69, 9.17) is 9.47 Å². The summed E-state index contributed by atoms with van der Waals surface area (Å²) >= 11 is 1.36. The lowest BCUT2D eigenvalue weighted by molar-refractivity contribution is -0.128. The second kappa shape index (κ2) is 5.95. The maximum Gasteiger partial charge on any atom is 0.200 e. The molecule has 0 aliphatic carbocycles. The van der Waals surface area contributed by atoms with Gasteiger partial charge in [-0.3, -0.25) is 4.79 Å². The maximum atomic E-state index is 12.8. The zero-order valence-electron chi connectivity index (χ0n) is 12.5. The van der Waals surface area contributed by atoms with Crippen molar-refractivity contribution in [2.75, 3.05) is 6.61 Å². The van der Waals surface area contributed by atoms with E-state index in [1.165, 1.54) is 11.3 Å². The first-order valence-electron chi connectivity index (χ1n) is 7.43. The van der Waals surface area contributed by atoms with Crippen molar-refractivity contribution in [2.24, 2.45) is 0 Å². The average molecular weight is 336 g/mol. The Labute approximate surface area is 142 Å². The summed E-state index contributed by atoms with van der Waals surface area (Å²) in [6.07, 6.45) is -0.809. The molecule has 4 rings (SSSR count). The zero-order chi connectivity index (χ0) is 16.5. The number of nitriles is 1. The Bertz CT molecular complexity index is 927. The number of benzene rings is 2. The van der Waals surface area contributed by atoms with Gasteiger partial charge in [-0.25, -0.2) is 4.98 Å². The van der Waals surface area contributed by atoms with Gasteiger partial charge in [-0.1, -0.05) is 24.3 Å². The molecule has 2 heterocycles. The number of hydrogen-bond donors (Lipinski definition) is 0. The molecule has 0 bridgehead atoms. The minimum absolute atomic E-state index is 0.0962. The van der Waals surface area contributed by atoms with Gasteiger partial charge >= 0.3 is 0 Å². The van der Waals surface area contributed by atoms with Crippen molar-refractivity contribution in [3.63, 3.8) is 0 Å². The number of carbonyl (C=O) groups is 1. The summed E-state index contributed by atoms with van der Waals surface area (Å²) in [5, 5.41) is 9.99. The number of thiazole rings is 1. The Balaban J connectivity index is 1.62. The van der Waals surface area contributed by atoms with E-state index in [2.05, 4.69) is 11.1 Å². The van der Waals surface area contributed by atoms with E-state index in [0.29, 0.717) is 16.5 Å². The minimum Gasteiger partial charge on any atom is -0.485 e. The molecular formula is C18H12N2O3S. The van der Waals surface area contributed by atoms with Gasteiger partial charge in [-0.2, -0.15) is 5.26 Å². The normalized spacial score (nSPS) is 17.2. The van der Waals surface area contributed by atoms with Crippen molar-refractivity contribution in [1.29, 1.82) is 5.26 Å². The van der Waals surface area contributed by atoms with Crippen LogP contribution < -0.4 is 9.47 Å². The lowest BCUT2D eigenvalue weighted by Gasteiger charge is -2.26. The Kier molecular flexibility index (Phi) is 3.63. The topological polar surface area (TPSA) is 72.2 Å². The molecule has 0 fully saturated rings. The van der Waals surface area contributed by atoms with Crippen molar-refractivity contribution in [1.82, 2.24) is 4.98 Å². The van der Waals surface area contributed by atoms with E-state index in [0.717, 1.165) is 10.2 Å². The number of Topliss-reactive ketones (excluding diaryl/α,β-unsaturated/α-hetero) is 1. The second-order valence-electron chi connectivity index (χ2n) is 5.35. The lowest BCUT2D eigenvalue weighted by atomic mass is 10.0. The Morgan fingerprint density at radius 1 is 1.21 bits per heavy atom. The molecule has 2 atom stereocenters. The van der Waals surface area contributed by atoms with E-state index in [1.54, 1.807) is 12.1 Å². The number of carbonyl (C=O) groups excluding carboxylic acids is 1. The monoisotopic (exact) mass is 336 g/mol. The van der Waals surface area contributed by atoms with Gasteiger partial charge in [-0.15, -0.1) is 11.3 Å². The zero-order valence-corrected chi connectivity index (χ0v) is 13.3. The number of para-hydroxylation sites is 3. The first-order valence-corrected chi connectivity index (χ1v) is 8.25. The highest BCUT2D eigenvalue weighted by Gasteiger charge is 2.35. The molecule has 1 aliphatic rings. The van der Waals surface area contributed by atoms with E-state index in [9.17, 15) is 10.1 Å². The number of nitrogens with zero attached hydrogens (tertiary/aromatic N) is 2. The molecule has 1 aromatic heterocycles. The summed E-state index contributed by atoms with van der Waals surface area (Å²) in [5.74, 6) is -0.162. The number of hydrogen-bond acceptors (Lipinski definition) is 6. The highest BCUT2D eigenvalue weighted by atomic mass is 32.1. The van der Waals surface area contributed by atoms with Crippen molar-refractivity contribution < 1.29 is 14.3 Å². The smallest absolute Gasteiger partial charge is 0.200 e. The summed E-state index contributed by atoms with van der Waals surface area (Å²) in [5.41, 5.74) is 0.789. The Morgan fingerprint density at radius 3 is 2.75 bits per heavy atom. The van der Waals surface area contributed by atoms with E-state index < -0.39 is 12.0 Å². The number of ether oxygens (including phenoxy) is 2. The fourth-order valence-electron chi connectivity index (χ4n) is 2.60. The maximum absolute atomic E-state index is 12.8. The van der Waals surface area contributed by atoms with Crippen LogP contribution in [0.4, 0.5) is 0 Å². The molecule has 5 nitrogen and oxygen atoms in total. The van der Waals surface area contributed by atoms with E-state index in [-0.39, 0.29) is 12.4 Å². The number of rotatable bonds is 3. The molecule has 2 aromatic carbocycles. The predicted molar refractivity (Wildman–Crippen MR) is 89.3 cm³/mol. The van der Waals surface area contributed by atoms with Crippen LogP contribution in [0.3, 0.4) is 0 Å². The fraction of sp³-hybridized carbons (Fsp3) is 0.167. The number of fused-ring (bicyclic) bond motifs is 2. The highest BCUT2D eigenvalue weighted by Crippen LogP contribution is 2.34. The third-order valence-electron chi connectivity index (χ3n) is 3.80. The van der Waals surface area contributed by atoms with Gasteiger partial charge in [0, 0.05) is 0 Å². The van der Waals surface area contributed by atoms with Gasteiger partial charge in [-0.05, 0) is 24.3 Å². The van der Waals surface area contributed by atoms with Gasteiger partial charge in [0.2, 0.25) is 5.78 Å². The largest absolute Gasteiger partial charge is 0.485 e. The summed E-state index contributed by atoms with van der Waals surface area (Å²) in [4.78, 5) is 17.2. The molecule has 0 spiro atoms. The predicted octanol–water partition coefficient (Wildman–Crippen LogP) is 3.31. The molecular weight excluding hydrogens is 324 g/mol. The van der Waals surface area contributed by atoms with Crippen LogP contribution in [0.1, 0.15) is 10.9 Å². The molecule has 0 saturated carbocycles. The lowest BCUT2D eigenvalue weighted by Crippen LogP contribution is -2.39.